The third-order valence-corrected chi connectivity index (χ3v) is 2.33. The van der Waals surface area contributed by atoms with E-state index in [2.05, 4.69) is 9.97 Å². The van der Waals surface area contributed by atoms with E-state index in [9.17, 15) is 0 Å². The van der Waals surface area contributed by atoms with E-state index in [1.165, 1.54) is 12.4 Å². The number of allylic oxidation sites excluding steroid dienone is 1. The highest BCUT2D eigenvalue weighted by Crippen LogP contribution is 2.17. The van der Waals surface area contributed by atoms with Crippen LogP contribution in [0, 0.1) is 5.41 Å². The summed E-state index contributed by atoms with van der Waals surface area (Å²) >= 11 is 0. The van der Waals surface area contributed by atoms with Crippen molar-refractivity contribution in [3.05, 3.63) is 41.9 Å². The van der Waals surface area contributed by atoms with Gasteiger partial charge < -0.3 is 16.1 Å². The summed E-state index contributed by atoms with van der Waals surface area (Å²) < 4.78 is 0. The lowest BCUT2D eigenvalue weighted by Crippen LogP contribution is -1.94. The summed E-state index contributed by atoms with van der Waals surface area (Å²) in [6.07, 6.45) is 7.05. The molecule has 0 bridgehead atoms. The molecule has 0 unspecified atom stereocenters. The lowest BCUT2D eigenvalue weighted by molar-refractivity contribution is 1.22. The van der Waals surface area contributed by atoms with E-state index >= 15 is 0 Å². The zero-order valence-electron chi connectivity index (χ0n) is 8.20. The van der Waals surface area contributed by atoms with E-state index in [1.807, 2.05) is 18.3 Å². The van der Waals surface area contributed by atoms with E-state index in [0.29, 0.717) is 6.42 Å². The van der Waals surface area contributed by atoms with Gasteiger partial charge in [-0.2, -0.15) is 0 Å². The van der Waals surface area contributed by atoms with Gasteiger partial charge in [-0.25, -0.2) is 4.98 Å². The van der Waals surface area contributed by atoms with Gasteiger partial charge in [-0.3, -0.25) is 0 Å². The second-order valence-corrected chi connectivity index (χ2v) is 3.28. The molecule has 2 rings (SSSR count). The topological polar surface area (TPSA) is 78.5 Å². The van der Waals surface area contributed by atoms with Gasteiger partial charge >= 0.3 is 0 Å². The third kappa shape index (κ3) is 1.74. The number of aromatic nitrogens is 2. The van der Waals surface area contributed by atoms with Crippen molar-refractivity contribution in [3.63, 3.8) is 0 Å². The maximum atomic E-state index is 7.17. The smallest absolute Gasteiger partial charge is 0.137 e. The second kappa shape index (κ2) is 3.96. The number of hydrogen-bond donors (Lipinski definition) is 3. The van der Waals surface area contributed by atoms with Crippen LogP contribution in [0.25, 0.3) is 11.0 Å². The molecule has 15 heavy (non-hydrogen) atoms. The van der Waals surface area contributed by atoms with Gasteiger partial charge in [0.25, 0.3) is 0 Å². The summed E-state index contributed by atoms with van der Waals surface area (Å²) in [6.45, 7) is 0. The number of aromatic amines is 1. The molecule has 2 heterocycles. The van der Waals surface area contributed by atoms with Crippen LogP contribution in [0.2, 0.25) is 0 Å². The van der Waals surface area contributed by atoms with Crippen LogP contribution in [-0.4, -0.2) is 16.2 Å². The molecule has 0 radical (unpaired) electrons. The lowest BCUT2D eigenvalue weighted by atomic mass is 10.1. The van der Waals surface area contributed by atoms with Crippen molar-refractivity contribution in [1.82, 2.24) is 9.97 Å². The Bertz CT molecular complexity index is 510. The normalized spacial score (nSPS) is 11.9. The van der Waals surface area contributed by atoms with Crippen molar-refractivity contribution in [1.29, 1.82) is 5.41 Å². The Labute approximate surface area is 87.3 Å². The molecule has 0 amide bonds. The predicted molar refractivity (Wildman–Crippen MR) is 60.9 cm³/mol. The summed E-state index contributed by atoms with van der Waals surface area (Å²) in [5, 5.41) is 8.25. The van der Waals surface area contributed by atoms with E-state index < -0.39 is 0 Å². The predicted octanol–water partition coefficient (Wildman–Crippen LogP) is 1.60. The summed E-state index contributed by atoms with van der Waals surface area (Å²) in [4.78, 5) is 7.28. The molecule has 76 valence electrons. The fourth-order valence-corrected chi connectivity index (χ4v) is 1.54. The second-order valence-electron chi connectivity index (χ2n) is 3.28. The average Bonchev–Trinajstić information content (AvgIpc) is 2.69. The molecule has 4 nitrogen and oxygen atoms in total. The summed E-state index contributed by atoms with van der Waals surface area (Å²) in [7, 11) is 0. The first-order valence-electron chi connectivity index (χ1n) is 4.67. The zero-order valence-corrected chi connectivity index (χ0v) is 8.20. The number of rotatable bonds is 3. The summed E-state index contributed by atoms with van der Waals surface area (Å²) in [5.41, 5.74) is 8.18. The SMILES string of the molecule is N=C/C(=C\N)Cc1c[nH]c2ncccc12. The molecule has 0 aliphatic carbocycles. The number of nitrogens with two attached hydrogens (primary N) is 1. The minimum Gasteiger partial charge on any atom is -0.404 e. The summed E-state index contributed by atoms with van der Waals surface area (Å²) in [5.74, 6) is 0. The molecule has 0 spiro atoms. The minimum absolute atomic E-state index is 0.658. The molecule has 0 aromatic carbocycles. The average molecular weight is 200 g/mol. The Hall–Kier alpha value is -2.10. The minimum atomic E-state index is 0.658. The van der Waals surface area contributed by atoms with Gasteiger partial charge in [0.05, 0.1) is 0 Å². The molecule has 4 N–H and O–H groups in total. The van der Waals surface area contributed by atoms with E-state index in [1.54, 1.807) is 6.20 Å². The first kappa shape index (κ1) is 9.45. The first-order chi connectivity index (χ1) is 7.35. The Kier molecular flexibility index (Phi) is 2.49. The number of nitrogens with zero attached hydrogens (tertiary/aromatic N) is 1. The van der Waals surface area contributed by atoms with Crippen molar-refractivity contribution < 1.29 is 0 Å². The van der Waals surface area contributed by atoms with Crippen molar-refractivity contribution in [2.24, 2.45) is 5.73 Å². The Morgan fingerprint density at radius 3 is 3.20 bits per heavy atom. The molecule has 2 aromatic heterocycles. The molecule has 0 atom stereocenters. The van der Waals surface area contributed by atoms with Crippen LogP contribution >= 0.6 is 0 Å². The molecule has 2 aromatic rings. The van der Waals surface area contributed by atoms with Crippen molar-refractivity contribution in [2.45, 2.75) is 6.42 Å². The van der Waals surface area contributed by atoms with Crippen LogP contribution in [0.1, 0.15) is 5.56 Å². The van der Waals surface area contributed by atoms with Crippen LogP contribution < -0.4 is 5.73 Å². The van der Waals surface area contributed by atoms with Gasteiger partial charge in [0.2, 0.25) is 0 Å². The van der Waals surface area contributed by atoms with Crippen molar-refractivity contribution >= 4 is 17.2 Å². The highest BCUT2D eigenvalue weighted by Gasteiger charge is 2.04. The van der Waals surface area contributed by atoms with Crippen LogP contribution in [-0.2, 0) is 6.42 Å². The zero-order chi connectivity index (χ0) is 10.7. The number of pyridine rings is 1. The van der Waals surface area contributed by atoms with Crippen molar-refractivity contribution in [3.8, 4) is 0 Å². The van der Waals surface area contributed by atoms with Crippen LogP contribution in [0.3, 0.4) is 0 Å². The maximum Gasteiger partial charge on any atom is 0.137 e. The van der Waals surface area contributed by atoms with Crippen LogP contribution in [0.4, 0.5) is 0 Å². The monoisotopic (exact) mass is 200 g/mol. The number of hydrogen-bond acceptors (Lipinski definition) is 3. The molecule has 0 aliphatic rings. The Morgan fingerprint density at radius 1 is 1.60 bits per heavy atom. The molecule has 4 heteroatoms. The fourth-order valence-electron chi connectivity index (χ4n) is 1.54. The first-order valence-corrected chi connectivity index (χ1v) is 4.67. The quantitative estimate of drug-likeness (QED) is 0.658. The Balaban J connectivity index is 2.40. The molecule has 0 aliphatic heterocycles. The van der Waals surface area contributed by atoms with E-state index in [0.717, 1.165) is 22.2 Å². The van der Waals surface area contributed by atoms with Crippen LogP contribution in [0.15, 0.2) is 36.3 Å². The number of fused-ring (bicyclic) bond motifs is 1. The fraction of sp³-hybridized carbons (Fsp3) is 0.0909. The van der Waals surface area contributed by atoms with E-state index in [4.69, 9.17) is 11.1 Å². The maximum absolute atomic E-state index is 7.17. The van der Waals surface area contributed by atoms with Crippen molar-refractivity contribution in [2.75, 3.05) is 0 Å². The number of H-pyrrole nitrogens is 1. The molecule has 0 saturated carbocycles. The van der Waals surface area contributed by atoms with Gasteiger partial charge in [-0.1, -0.05) is 0 Å². The van der Waals surface area contributed by atoms with E-state index in [-0.39, 0.29) is 0 Å². The third-order valence-electron chi connectivity index (χ3n) is 2.33. The molecule has 0 fully saturated rings. The van der Waals surface area contributed by atoms with Gasteiger partial charge in [0, 0.05) is 30.4 Å². The largest absolute Gasteiger partial charge is 0.404 e. The number of nitrogens with one attached hydrogen (secondary N) is 2. The molecule has 0 saturated heterocycles. The molecular weight excluding hydrogens is 188 g/mol. The molecular formula is C11H12N4. The van der Waals surface area contributed by atoms with Gasteiger partial charge in [-0.15, -0.1) is 0 Å². The lowest BCUT2D eigenvalue weighted by Gasteiger charge is -1.98. The highest BCUT2D eigenvalue weighted by atomic mass is 14.8. The van der Waals surface area contributed by atoms with Gasteiger partial charge in [-0.05, 0) is 29.5 Å². The summed E-state index contributed by atoms with van der Waals surface area (Å²) in [6, 6.07) is 3.90. The van der Waals surface area contributed by atoms with Gasteiger partial charge in [0.15, 0.2) is 0 Å². The standard InChI is InChI=1S/C11H12N4/c12-5-8(6-13)4-9-7-15-11-10(9)2-1-3-14-11/h1-3,5-7,12H,4,13H2,(H,14,15)/b8-6-,12-5?. The van der Waals surface area contributed by atoms with Crippen LogP contribution in [0.5, 0.6) is 0 Å². The van der Waals surface area contributed by atoms with Gasteiger partial charge in [0.1, 0.15) is 5.65 Å². The highest BCUT2D eigenvalue weighted by molar-refractivity contribution is 5.83. The Morgan fingerprint density at radius 2 is 2.47 bits per heavy atom.